The summed E-state index contributed by atoms with van der Waals surface area (Å²) < 4.78 is 0. The van der Waals surface area contributed by atoms with E-state index < -0.39 is 0 Å². The van der Waals surface area contributed by atoms with Crippen molar-refractivity contribution in [1.29, 1.82) is 0 Å². The normalized spacial score (nSPS) is 42.8. The van der Waals surface area contributed by atoms with Crippen molar-refractivity contribution in [3.63, 3.8) is 0 Å². The molecule has 2 rings (SSSR count). The minimum atomic E-state index is 0.836. The summed E-state index contributed by atoms with van der Waals surface area (Å²) in [7, 11) is 0. The summed E-state index contributed by atoms with van der Waals surface area (Å²) in [6.07, 6.45) is 13.3. The Morgan fingerprint density at radius 3 is 2.13 bits per heavy atom. The minimum absolute atomic E-state index is 0.836. The van der Waals surface area contributed by atoms with E-state index >= 15 is 0 Å². The van der Waals surface area contributed by atoms with E-state index in [2.05, 4.69) is 22.9 Å². The van der Waals surface area contributed by atoms with E-state index in [1.807, 2.05) is 0 Å². The van der Waals surface area contributed by atoms with Gasteiger partial charge < -0.3 is 0 Å². The van der Waals surface area contributed by atoms with Gasteiger partial charge in [0.25, 0.3) is 0 Å². The van der Waals surface area contributed by atoms with Crippen LogP contribution in [0, 0.1) is 17.8 Å². The van der Waals surface area contributed by atoms with Gasteiger partial charge in [0, 0.05) is 4.83 Å². The Labute approximate surface area is 103 Å². The van der Waals surface area contributed by atoms with Gasteiger partial charge in [0.1, 0.15) is 0 Å². The first kappa shape index (κ1) is 12.0. The van der Waals surface area contributed by atoms with Gasteiger partial charge in [-0.05, 0) is 37.0 Å². The first-order valence-electron chi connectivity index (χ1n) is 6.97. The molecule has 0 radical (unpaired) electrons. The second-order valence-electron chi connectivity index (χ2n) is 5.58. The van der Waals surface area contributed by atoms with Crippen LogP contribution in [-0.2, 0) is 0 Å². The van der Waals surface area contributed by atoms with E-state index in [9.17, 15) is 0 Å². The summed E-state index contributed by atoms with van der Waals surface area (Å²) >= 11 is 3.95. The molecule has 2 fully saturated rings. The molecular weight excluding hydrogens is 248 g/mol. The molecule has 2 saturated carbocycles. The lowest BCUT2D eigenvalue weighted by atomic mass is 9.67. The smallest absolute Gasteiger partial charge is 0.0176 e. The Kier molecular flexibility index (Phi) is 4.54. The standard InChI is InChI=1S/C14H25Br/c1-2-11-7-3-4-8-12(11)13-9-5-6-10-14(13)15/h11-14H,2-10H2,1H3. The van der Waals surface area contributed by atoms with Crippen LogP contribution in [0.5, 0.6) is 0 Å². The van der Waals surface area contributed by atoms with E-state index in [4.69, 9.17) is 0 Å². The molecule has 0 N–H and O–H groups in total. The predicted octanol–water partition coefficient (Wildman–Crippen LogP) is 5.16. The molecule has 15 heavy (non-hydrogen) atoms. The van der Waals surface area contributed by atoms with Gasteiger partial charge in [-0.1, -0.05) is 61.4 Å². The van der Waals surface area contributed by atoms with Crippen LogP contribution in [0.2, 0.25) is 0 Å². The second-order valence-corrected chi connectivity index (χ2v) is 6.76. The lowest BCUT2D eigenvalue weighted by molar-refractivity contribution is 0.131. The number of hydrogen-bond donors (Lipinski definition) is 0. The average molecular weight is 273 g/mol. The topological polar surface area (TPSA) is 0 Å². The summed E-state index contributed by atoms with van der Waals surface area (Å²) in [5.41, 5.74) is 0. The van der Waals surface area contributed by atoms with Gasteiger partial charge in [-0.25, -0.2) is 0 Å². The molecule has 1 heteroatoms. The van der Waals surface area contributed by atoms with Crippen molar-refractivity contribution in [3.05, 3.63) is 0 Å². The monoisotopic (exact) mass is 272 g/mol. The van der Waals surface area contributed by atoms with E-state index in [0.29, 0.717) is 0 Å². The molecule has 0 nitrogen and oxygen atoms in total. The third kappa shape index (κ3) is 2.78. The van der Waals surface area contributed by atoms with Crippen LogP contribution >= 0.6 is 15.9 Å². The van der Waals surface area contributed by atoms with Crippen LogP contribution in [-0.4, -0.2) is 4.83 Å². The maximum absolute atomic E-state index is 3.95. The lowest BCUT2D eigenvalue weighted by Crippen LogP contribution is -2.33. The fraction of sp³-hybridized carbons (Fsp3) is 1.00. The maximum atomic E-state index is 3.95. The van der Waals surface area contributed by atoms with E-state index in [-0.39, 0.29) is 0 Å². The molecule has 0 aromatic heterocycles. The molecule has 4 unspecified atom stereocenters. The highest BCUT2D eigenvalue weighted by Gasteiger charge is 2.35. The molecule has 0 heterocycles. The van der Waals surface area contributed by atoms with Gasteiger partial charge in [-0.3, -0.25) is 0 Å². The highest BCUT2D eigenvalue weighted by atomic mass is 79.9. The molecule has 88 valence electrons. The second kappa shape index (κ2) is 5.70. The van der Waals surface area contributed by atoms with Gasteiger partial charge in [0.05, 0.1) is 0 Å². The van der Waals surface area contributed by atoms with Gasteiger partial charge in [0.15, 0.2) is 0 Å². The Balaban J connectivity index is 1.99. The first-order chi connectivity index (χ1) is 7.33. The zero-order valence-corrected chi connectivity index (χ0v) is 11.6. The van der Waals surface area contributed by atoms with Crippen molar-refractivity contribution in [2.75, 3.05) is 0 Å². The average Bonchev–Trinajstić information content (AvgIpc) is 2.30. The zero-order chi connectivity index (χ0) is 10.7. The van der Waals surface area contributed by atoms with Crippen LogP contribution in [0.3, 0.4) is 0 Å². The summed E-state index contributed by atoms with van der Waals surface area (Å²) in [6.45, 7) is 2.40. The van der Waals surface area contributed by atoms with Gasteiger partial charge in [-0.2, -0.15) is 0 Å². The zero-order valence-electron chi connectivity index (χ0n) is 10.1. The minimum Gasteiger partial charge on any atom is -0.0888 e. The lowest BCUT2D eigenvalue weighted by Gasteiger charge is -2.41. The quantitative estimate of drug-likeness (QED) is 0.610. The summed E-state index contributed by atoms with van der Waals surface area (Å²) in [5, 5.41) is 0. The summed E-state index contributed by atoms with van der Waals surface area (Å²) in [6, 6.07) is 0. The van der Waals surface area contributed by atoms with Gasteiger partial charge in [-0.15, -0.1) is 0 Å². The Bertz CT molecular complexity index is 190. The molecule has 0 aromatic carbocycles. The molecule has 4 atom stereocenters. The molecule has 0 saturated heterocycles. The third-order valence-corrected chi connectivity index (χ3v) is 5.91. The van der Waals surface area contributed by atoms with Crippen molar-refractivity contribution in [3.8, 4) is 0 Å². The number of alkyl halides is 1. The van der Waals surface area contributed by atoms with Crippen LogP contribution in [0.15, 0.2) is 0 Å². The molecule has 0 bridgehead atoms. The van der Waals surface area contributed by atoms with Crippen molar-refractivity contribution in [1.82, 2.24) is 0 Å². The molecule has 2 aliphatic carbocycles. The van der Waals surface area contributed by atoms with Crippen LogP contribution in [0.25, 0.3) is 0 Å². The third-order valence-electron chi connectivity index (χ3n) is 4.77. The summed E-state index contributed by atoms with van der Waals surface area (Å²) in [5.74, 6) is 3.10. The molecule has 0 amide bonds. The van der Waals surface area contributed by atoms with Crippen LogP contribution < -0.4 is 0 Å². The summed E-state index contributed by atoms with van der Waals surface area (Å²) in [4.78, 5) is 0.836. The van der Waals surface area contributed by atoms with Crippen molar-refractivity contribution >= 4 is 15.9 Å². The fourth-order valence-corrected chi connectivity index (χ4v) is 4.88. The molecule has 0 aliphatic heterocycles. The fourth-order valence-electron chi connectivity index (χ4n) is 3.90. The highest BCUT2D eigenvalue weighted by molar-refractivity contribution is 9.09. The van der Waals surface area contributed by atoms with E-state index in [0.717, 1.165) is 22.6 Å². The van der Waals surface area contributed by atoms with Gasteiger partial charge >= 0.3 is 0 Å². The van der Waals surface area contributed by atoms with Crippen molar-refractivity contribution in [2.24, 2.45) is 17.8 Å². The van der Waals surface area contributed by atoms with Crippen LogP contribution in [0.1, 0.15) is 64.7 Å². The molecule has 0 aromatic rings. The van der Waals surface area contributed by atoms with E-state index in [1.165, 1.54) is 57.8 Å². The first-order valence-corrected chi connectivity index (χ1v) is 7.88. The van der Waals surface area contributed by atoms with E-state index in [1.54, 1.807) is 0 Å². The van der Waals surface area contributed by atoms with Crippen LogP contribution in [0.4, 0.5) is 0 Å². The molecular formula is C14H25Br. The number of halogens is 1. The largest absolute Gasteiger partial charge is 0.0888 e. The highest BCUT2D eigenvalue weighted by Crippen LogP contribution is 2.44. The Morgan fingerprint density at radius 1 is 0.867 bits per heavy atom. The Morgan fingerprint density at radius 2 is 1.47 bits per heavy atom. The predicted molar refractivity (Wildman–Crippen MR) is 70.4 cm³/mol. The maximum Gasteiger partial charge on any atom is 0.0176 e. The van der Waals surface area contributed by atoms with Crippen molar-refractivity contribution < 1.29 is 0 Å². The SMILES string of the molecule is CCC1CCCCC1C1CCCCC1Br. The van der Waals surface area contributed by atoms with Gasteiger partial charge in [0.2, 0.25) is 0 Å². The molecule has 0 spiro atoms. The Hall–Kier alpha value is 0.480. The molecule has 2 aliphatic rings. The van der Waals surface area contributed by atoms with Crippen molar-refractivity contribution in [2.45, 2.75) is 69.5 Å². The number of hydrogen-bond acceptors (Lipinski definition) is 0. The number of rotatable bonds is 2.